The summed E-state index contributed by atoms with van der Waals surface area (Å²) in [5, 5.41) is 10.3. The molecule has 3 aromatic heterocycles. The summed E-state index contributed by atoms with van der Waals surface area (Å²) in [5.74, 6) is 2.29. The van der Waals surface area contributed by atoms with E-state index in [0.717, 1.165) is 28.5 Å². The Labute approximate surface area is 185 Å². The maximum absolute atomic E-state index is 4.67. The molecule has 1 aromatic carbocycles. The van der Waals surface area contributed by atoms with Gasteiger partial charge in [-0.2, -0.15) is 9.97 Å². The molecule has 4 aromatic rings. The highest BCUT2D eigenvalue weighted by Crippen LogP contribution is 2.32. The molecule has 0 unspecified atom stereocenters. The van der Waals surface area contributed by atoms with Crippen LogP contribution < -0.4 is 4.90 Å². The fourth-order valence-corrected chi connectivity index (χ4v) is 3.79. The fraction of sp³-hybridized carbons (Fsp3) is 0.273. The number of rotatable bonds is 6. The zero-order valence-electron chi connectivity index (χ0n) is 18.2. The topological polar surface area (TPSA) is 85.5 Å². The van der Waals surface area contributed by atoms with Crippen LogP contribution in [0.15, 0.2) is 59.1 Å². The van der Waals surface area contributed by atoms with Gasteiger partial charge < -0.3 is 4.90 Å². The fourth-order valence-electron chi connectivity index (χ4n) is 3.00. The molecular formula is C22H24N8S. The van der Waals surface area contributed by atoms with E-state index in [9.17, 15) is 0 Å². The molecule has 0 radical (unpaired) electrons. The van der Waals surface area contributed by atoms with Crippen LogP contribution in [0.4, 0.5) is 5.95 Å². The Morgan fingerprint density at radius 2 is 1.68 bits per heavy atom. The SMILES string of the molecule is Cc1ccccc1-n1c(Sc2nc(C(C)C)nc(N(C)C)n2)nnc1-c1ccncc1. The van der Waals surface area contributed by atoms with Crippen molar-refractivity contribution in [1.82, 2.24) is 34.7 Å². The summed E-state index contributed by atoms with van der Waals surface area (Å²) in [5.41, 5.74) is 3.06. The molecule has 3 heterocycles. The van der Waals surface area contributed by atoms with E-state index < -0.39 is 0 Å². The van der Waals surface area contributed by atoms with E-state index in [1.165, 1.54) is 11.8 Å². The average molecular weight is 433 g/mol. The van der Waals surface area contributed by atoms with Crippen molar-refractivity contribution in [2.24, 2.45) is 0 Å². The van der Waals surface area contributed by atoms with E-state index in [0.29, 0.717) is 16.3 Å². The van der Waals surface area contributed by atoms with Crippen molar-refractivity contribution in [1.29, 1.82) is 0 Å². The predicted molar refractivity (Wildman–Crippen MR) is 122 cm³/mol. The molecule has 0 amide bonds. The Kier molecular flexibility index (Phi) is 5.94. The van der Waals surface area contributed by atoms with Gasteiger partial charge in [-0.15, -0.1) is 10.2 Å². The first-order valence-corrected chi connectivity index (χ1v) is 10.8. The Balaban J connectivity index is 1.85. The summed E-state index contributed by atoms with van der Waals surface area (Å²) in [7, 11) is 3.84. The van der Waals surface area contributed by atoms with Crippen molar-refractivity contribution >= 4 is 17.7 Å². The van der Waals surface area contributed by atoms with Gasteiger partial charge in [-0.05, 0) is 42.4 Å². The van der Waals surface area contributed by atoms with Gasteiger partial charge >= 0.3 is 0 Å². The van der Waals surface area contributed by atoms with Crippen LogP contribution in [0.3, 0.4) is 0 Å². The molecule has 0 atom stereocenters. The van der Waals surface area contributed by atoms with Crippen LogP contribution >= 0.6 is 11.8 Å². The smallest absolute Gasteiger partial charge is 0.229 e. The average Bonchev–Trinajstić information content (AvgIpc) is 3.17. The second kappa shape index (κ2) is 8.81. The Hall–Kier alpha value is -3.33. The number of para-hydroxylation sites is 1. The molecule has 0 aliphatic carbocycles. The van der Waals surface area contributed by atoms with E-state index in [1.807, 2.05) is 47.8 Å². The van der Waals surface area contributed by atoms with E-state index in [2.05, 4.69) is 63.0 Å². The van der Waals surface area contributed by atoms with Crippen LogP contribution in [0.25, 0.3) is 17.1 Å². The first-order chi connectivity index (χ1) is 14.9. The van der Waals surface area contributed by atoms with Crippen molar-refractivity contribution in [3.05, 3.63) is 60.2 Å². The second-order valence-electron chi connectivity index (χ2n) is 7.59. The summed E-state index contributed by atoms with van der Waals surface area (Å²) >= 11 is 1.38. The Morgan fingerprint density at radius 3 is 2.35 bits per heavy atom. The molecule has 0 spiro atoms. The number of benzene rings is 1. The van der Waals surface area contributed by atoms with Crippen LogP contribution in [-0.4, -0.2) is 48.8 Å². The lowest BCUT2D eigenvalue weighted by atomic mass is 10.2. The summed E-state index contributed by atoms with van der Waals surface area (Å²) in [4.78, 5) is 19.9. The molecule has 0 fully saturated rings. The quantitative estimate of drug-likeness (QED) is 0.449. The number of hydrogen-bond acceptors (Lipinski definition) is 8. The van der Waals surface area contributed by atoms with E-state index >= 15 is 0 Å². The monoisotopic (exact) mass is 432 g/mol. The van der Waals surface area contributed by atoms with Gasteiger partial charge in [0.25, 0.3) is 0 Å². The number of pyridine rings is 1. The molecule has 0 N–H and O–H groups in total. The van der Waals surface area contributed by atoms with Gasteiger partial charge in [-0.25, -0.2) is 4.98 Å². The first kappa shape index (κ1) is 20.9. The minimum absolute atomic E-state index is 0.183. The molecule has 9 heteroatoms. The summed E-state index contributed by atoms with van der Waals surface area (Å²) < 4.78 is 2.05. The summed E-state index contributed by atoms with van der Waals surface area (Å²) in [6.45, 7) is 6.21. The molecule has 4 rings (SSSR count). The highest BCUT2D eigenvalue weighted by atomic mass is 32.2. The molecule has 0 saturated heterocycles. The zero-order chi connectivity index (χ0) is 22.0. The maximum Gasteiger partial charge on any atom is 0.229 e. The van der Waals surface area contributed by atoms with Crippen LogP contribution in [0, 0.1) is 6.92 Å². The van der Waals surface area contributed by atoms with Crippen molar-refractivity contribution in [2.75, 3.05) is 19.0 Å². The number of hydrogen-bond donors (Lipinski definition) is 0. The second-order valence-corrected chi connectivity index (χ2v) is 8.53. The molecule has 8 nitrogen and oxygen atoms in total. The third-order valence-corrected chi connectivity index (χ3v) is 5.46. The van der Waals surface area contributed by atoms with Crippen molar-refractivity contribution in [3.8, 4) is 17.1 Å². The highest BCUT2D eigenvalue weighted by Gasteiger charge is 2.20. The number of aromatic nitrogens is 7. The lowest BCUT2D eigenvalue weighted by molar-refractivity contribution is 0.714. The van der Waals surface area contributed by atoms with Crippen LogP contribution in [0.1, 0.15) is 31.2 Å². The van der Waals surface area contributed by atoms with Gasteiger partial charge in [0, 0.05) is 38.0 Å². The molecular weight excluding hydrogens is 408 g/mol. The van der Waals surface area contributed by atoms with Gasteiger partial charge in [0.05, 0.1) is 5.69 Å². The molecule has 158 valence electrons. The van der Waals surface area contributed by atoms with Gasteiger partial charge in [0.15, 0.2) is 5.82 Å². The summed E-state index contributed by atoms with van der Waals surface area (Å²) in [6, 6.07) is 12.0. The lowest BCUT2D eigenvalue weighted by Crippen LogP contribution is -2.16. The maximum atomic E-state index is 4.67. The minimum atomic E-state index is 0.183. The number of aryl methyl sites for hydroxylation is 1. The van der Waals surface area contributed by atoms with E-state index in [-0.39, 0.29) is 5.92 Å². The largest absolute Gasteiger partial charge is 0.347 e. The van der Waals surface area contributed by atoms with Crippen molar-refractivity contribution in [2.45, 2.75) is 37.0 Å². The van der Waals surface area contributed by atoms with Crippen LogP contribution in [0.2, 0.25) is 0 Å². The highest BCUT2D eigenvalue weighted by molar-refractivity contribution is 7.99. The Bertz CT molecular complexity index is 1160. The van der Waals surface area contributed by atoms with Crippen LogP contribution in [-0.2, 0) is 0 Å². The zero-order valence-corrected chi connectivity index (χ0v) is 19.0. The molecule has 31 heavy (non-hydrogen) atoms. The molecule has 0 bridgehead atoms. The van der Waals surface area contributed by atoms with Gasteiger partial charge in [-0.3, -0.25) is 9.55 Å². The van der Waals surface area contributed by atoms with Gasteiger partial charge in [0.1, 0.15) is 5.82 Å². The molecule has 0 aliphatic rings. The molecule has 0 saturated carbocycles. The standard InChI is InChI=1S/C22H24N8S/c1-14(2)18-24-20(29(4)5)26-21(25-18)31-22-28-27-19(16-10-12-23-13-11-16)30(22)17-9-7-6-8-15(17)3/h6-14H,1-5H3. The molecule has 0 aliphatic heterocycles. The van der Waals surface area contributed by atoms with E-state index in [4.69, 9.17) is 0 Å². The third kappa shape index (κ3) is 4.41. The van der Waals surface area contributed by atoms with Gasteiger partial charge in [-0.1, -0.05) is 32.0 Å². The third-order valence-electron chi connectivity index (χ3n) is 4.65. The van der Waals surface area contributed by atoms with Crippen molar-refractivity contribution < 1.29 is 0 Å². The first-order valence-electron chi connectivity index (χ1n) is 9.97. The normalized spacial score (nSPS) is 11.2. The van der Waals surface area contributed by atoms with Crippen LogP contribution in [0.5, 0.6) is 0 Å². The lowest BCUT2D eigenvalue weighted by Gasteiger charge is -2.15. The van der Waals surface area contributed by atoms with Crippen molar-refractivity contribution in [3.63, 3.8) is 0 Å². The number of anilines is 1. The van der Waals surface area contributed by atoms with E-state index in [1.54, 1.807) is 12.4 Å². The minimum Gasteiger partial charge on any atom is -0.347 e. The Morgan fingerprint density at radius 1 is 0.935 bits per heavy atom. The number of nitrogens with zero attached hydrogens (tertiary/aromatic N) is 8. The summed E-state index contributed by atoms with van der Waals surface area (Å²) in [6.07, 6.45) is 3.51. The predicted octanol–water partition coefficient (Wildman–Crippen LogP) is 4.16. The van der Waals surface area contributed by atoms with Gasteiger partial charge in [0.2, 0.25) is 16.3 Å².